The van der Waals surface area contributed by atoms with Crippen molar-refractivity contribution >= 4 is 39.7 Å². The number of nitrogens with zero attached hydrogens (tertiary/aromatic N) is 4. The molecule has 0 unspecified atom stereocenters. The Hall–Kier alpha value is -2.56. The average molecular weight is 383 g/mol. The van der Waals surface area contributed by atoms with Crippen LogP contribution >= 0.6 is 23.1 Å². The van der Waals surface area contributed by atoms with E-state index in [1.165, 1.54) is 29.7 Å². The van der Waals surface area contributed by atoms with Gasteiger partial charge in [0.1, 0.15) is 16.5 Å². The number of anilines is 1. The van der Waals surface area contributed by atoms with E-state index in [2.05, 4.69) is 25.0 Å². The Kier molecular flexibility index (Phi) is 5.22. The zero-order valence-corrected chi connectivity index (χ0v) is 14.4. The summed E-state index contributed by atoms with van der Waals surface area (Å²) in [5, 5.41) is 20.8. The summed E-state index contributed by atoms with van der Waals surface area (Å²) in [4.78, 5) is 4.15. The maximum atomic E-state index is 13.2. The van der Waals surface area contributed by atoms with Crippen molar-refractivity contribution in [2.45, 2.75) is 13.5 Å². The number of hydrogen-bond acceptors (Lipinski definition) is 8. The molecule has 0 aliphatic carbocycles. The molecule has 8 nitrogen and oxygen atoms in total. The number of aryl methyl sites for hydroxylation is 1. The van der Waals surface area contributed by atoms with Gasteiger partial charge in [-0.05, 0) is 47.9 Å². The van der Waals surface area contributed by atoms with E-state index in [1.54, 1.807) is 0 Å². The third-order valence-corrected chi connectivity index (χ3v) is 4.22. The maximum absolute atomic E-state index is 13.2. The van der Waals surface area contributed by atoms with Gasteiger partial charge < -0.3 is 5.32 Å². The van der Waals surface area contributed by atoms with Crippen molar-refractivity contribution in [3.63, 3.8) is 0 Å². The van der Waals surface area contributed by atoms with Crippen LogP contribution in [0.3, 0.4) is 0 Å². The van der Waals surface area contributed by atoms with Gasteiger partial charge in [0.05, 0.1) is 22.9 Å². The van der Waals surface area contributed by atoms with E-state index in [4.69, 9.17) is 16.2 Å². The number of aromatic nitrogens is 3. The number of amidine groups is 1. The maximum Gasteiger partial charge on any atom is 0.182 e. The van der Waals surface area contributed by atoms with Crippen molar-refractivity contribution in [1.29, 1.82) is 0 Å². The van der Waals surface area contributed by atoms with Crippen LogP contribution in [0.2, 0.25) is 5.02 Å². The lowest BCUT2D eigenvalue weighted by Gasteiger charge is -2.04. The third kappa shape index (κ3) is 4.10. The summed E-state index contributed by atoms with van der Waals surface area (Å²) >= 11 is 7.04. The summed E-state index contributed by atoms with van der Waals surface area (Å²) in [5.41, 5.74) is 3.79. The zero-order chi connectivity index (χ0) is 17.8. The first kappa shape index (κ1) is 17.3. The van der Waals surface area contributed by atoms with E-state index in [-0.39, 0.29) is 23.1 Å². The molecular weight excluding hydrogens is 371 g/mol. The van der Waals surface area contributed by atoms with Crippen molar-refractivity contribution in [3.8, 4) is 0 Å². The molecule has 0 spiro atoms. The lowest BCUT2D eigenvalue weighted by molar-refractivity contribution is 0.234. The molecule has 0 aliphatic heterocycles. The minimum absolute atomic E-state index is 0.0128. The van der Waals surface area contributed by atoms with E-state index in [1.807, 2.05) is 18.5 Å². The predicted octanol–water partition coefficient (Wildman–Crippen LogP) is 3.30. The number of nitrogens with one attached hydrogen (secondary N) is 2. The first-order valence-electron chi connectivity index (χ1n) is 6.99. The predicted molar refractivity (Wildman–Crippen MR) is 91.0 cm³/mol. The van der Waals surface area contributed by atoms with Gasteiger partial charge >= 0.3 is 0 Å². The van der Waals surface area contributed by atoms with Crippen LogP contribution in [-0.2, 0) is 6.54 Å². The Morgan fingerprint density at radius 2 is 2.24 bits per heavy atom. The van der Waals surface area contributed by atoms with Gasteiger partial charge in [0.15, 0.2) is 11.5 Å². The molecule has 0 aliphatic rings. The second kappa shape index (κ2) is 7.55. The van der Waals surface area contributed by atoms with E-state index in [0.29, 0.717) is 11.4 Å². The zero-order valence-electron chi connectivity index (χ0n) is 12.8. The highest BCUT2D eigenvalue weighted by Crippen LogP contribution is 2.22. The Morgan fingerprint density at radius 3 is 2.92 bits per heavy atom. The summed E-state index contributed by atoms with van der Waals surface area (Å²) in [6.07, 6.45) is 0. The number of hydroxylamine groups is 1. The largest absolute Gasteiger partial charge is 0.370 e. The van der Waals surface area contributed by atoms with Crippen LogP contribution in [0.5, 0.6) is 0 Å². The van der Waals surface area contributed by atoms with Crippen molar-refractivity contribution < 1.29 is 14.2 Å². The fourth-order valence-corrected chi connectivity index (χ4v) is 2.76. The van der Waals surface area contributed by atoms with Crippen molar-refractivity contribution in [2.75, 3.05) is 5.32 Å². The Bertz CT molecular complexity index is 912. The standard InChI is InChI=1S/C14H12ClFN6O2S/c1-7-4-12(25-22-7)17-6-11-13(21-24-20-11)14(19-23)18-8-2-3-10(16)9(15)5-8/h2-5,17,23H,6H2,1H3,(H,18,19). The molecule has 0 amide bonds. The number of halogens is 2. The van der Waals surface area contributed by atoms with Crippen LogP contribution in [0, 0.1) is 12.7 Å². The van der Waals surface area contributed by atoms with Crippen LogP contribution in [-0.4, -0.2) is 25.7 Å². The summed E-state index contributed by atoms with van der Waals surface area (Å²) in [6, 6.07) is 5.79. The highest BCUT2D eigenvalue weighted by atomic mass is 35.5. The molecule has 0 radical (unpaired) electrons. The molecule has 0 saturated carbocycles. The third-order valence-electron chi connectivity index (χ3n) is 3.09. The summed E-state index contributed by atoms with van der Waals surface area (Å²) in [5.74, 6) is -0.576. The molecule has 2 aromatic heterocycles. The molecular formula is C14H12ClFN6O2S. The molecule has 3 rings (SSSR count). The lowest BCUT2D eigenvalue weighted by atomic mass is 10.2. The van der Waals surface area contributed by atoms with E-state index < -0.39 is 5.82 Å². The monoisotopic (exact) mass is 382 g/mol. The molecule has 0 bridgehead atoms. The van der Waals surface area contributed by atoms with Gasteiger partial charge in [-0.3, -0.25) is 10.7 Å². The van der Waals surface area contributed by atoms with Gasteiger partial charge in [-0.2, -0.15) is 4.37 Å². The minimum atomic E-state index is -0.563. The van der Waals surface area contributed by atoms with Gasteiger partial charge in [-0.15, -0.1) is 0 Å². The molecule has 11 heteroatoms. The topological polar surface area (TPSA) is 108 Å². The summed E-state index contributed by atoms with van der Waals surface area (Å²) < 4.78 is 22.1. The number of benzene rings is 1. The molecule has 3 N–H and O–H groups in total. The lowest BCUT2D eigenvalue weighted by Crippen LogP contribution is -2.22. The van der Waals surface area contributed by atoms with Crippen LogP contribution in [0.4, 0.5) is 15.1 Å². The first-order valence-corrected chi connectivity index (χ1v) is 8.15. The smallest absolute Gasteiger partial charge is 0.182 e. The fourth-order valence-electron chi connectivity index (χ4n) is 1.93. The van der Waals surface area contributed by atoms with Crippen LogP contribution in [0.1, 0.15) is 17.1 Å². The van der Waals surface area contributed by atoms with Crippen molar-refractivity contribution in [2.24, 2.45) is 4.99 Å². The highest BCUT2D eigenvalue weighted by molar-refractivity contribution is 7.10. The summed E-state index contributed by atoms with van der Waals surface area (Å²) in [7, 11) is 0. The molecule has 0 fully saturated rings. The molecule has 2 heterocycles. The number of aliphatic imine (C=N–C) groups is 1. The normalized spacial score (nSPS) is 11.6. The Labute approximate surface area is 150 Å². The number of hydrogen-bond donors (Lipinski definition) is 3. The Morgan fingerprint density at radius 1 is 1.40 bits per heavy atom. The van der Waals surface area contributed by atoms with Crippen molar-refractivity contribution in [1.82, 2.24) is 20.2 Å². The van der Waals surface area contributed by atoms with E-state index in [0.717, 1.165) is 10.7 Å². The highest BCUT2D eigenvalue weighted by Gasteiger charge is 2.17. The van der Waals surface area contributed by atoms with Crippen LogP contribution in [0.25, 0.3) is 0 Å². The van der Waals surface area contributed by atoms with Crippen LogP contribution < -0.4 is 10.8 Å². The molecule has 25 heavy (non-hydrogen) atoms. The second-order valence-electron chi connectivity index (χ2n) is 4.92. The quantitative estimate of drug-likeness (QED) is 0.353. The summed E-state index contributed by atoms with van der Waals surface area (Å²) in [6.45, 7) is 2.17. The van der Waals surface area contributed by atoms with Gasteiger partial charge in [0.2, 0.25) is 0 Å². The molecule has 130 valence electrons. The molecule has 3 aromatic rings. The van der Waals surface area contributed by atoms with Gasteiger partial charge in [-0.1, -0.05) is 16.8 Å². The van der Waals surface area contributed by atoms with Gasteiger partial charge in [0.25, 0.3) is 0 Å². The van der Waals surface area contributed by atoms with Crippen LogP contribution in [0.15, 0.2) is 33.9 Å². The van der Waals surface area contributed by atoms with E-state index >= 15 is 0 Å². The number of rotatable bonds is 5. The first-order chi connectivity index (χ1) is 12.1. The van der Waals surface area contributed by atoms with Gasteiger partial charge in [0, 0.05) is 0 Å². The fraction of sp³-hybridized carbons (Fsp3) is 0.143. The van der Waals surface area contributed by atoms with Gasteiger partial charge in [-0.25, -0.2) is 14.0 Å². The molecule has 0 atom stereocenters. The Balaban J connectivity index is 1.82. The van der Waals surface area contributed by atoms with Crippen molar-refractivity contribution in [3.05, 3.63) is 52.2 Å². The SMILES string of the molecule is Cc1cc(NCc2nonc2C(=Nc2ccc(F)c(Cl)c2)NO)sn1. The second-order valence-corrected chi connectivity index (χ2v) is 6.13. The van der Waals surface area contributed by atoms with E-state index in [9.17, 15) is 9.60 Å². The molecule has 0 saturated heterocycles. The minimum Gasteiger partial charge on any atom is -0.370 e. The molecule has 1 aromatic carbocycles. The average Bonchev–Trinajstić information content (AvgIpc) is 3.22.